The van der Waals surface area contributed by atoms with Crippen LogP contribution in [0, 0.1) is 0 Å². The van der Waals surface area contributed by atoms with E-state index in [1.54, 1.807) is 6.20 Å². The molecule has 90 valence electrons. The first-order valence-electron chi connectivity index (χ1n) is 5.33. The third kappa shape index (κ3) is 3.34. The molecule has 0 atom stereocenters. The van der Waals surface area contributed by atoms with E-state index in [4.69, 9.17) is 4.52 Å². The summed E-state index contributed by atoms with van der Waals surface area (Å²) in [6.07, 6.45) is 1.71. The minimum absolute atomic E-state index is 0.385. The van der Waals surface area contributed by atoms with Crippen molar-refractivity contribution in [2.24, 2.45) is 0 Å². The molecule has 1 N–H and O–H groups in total. The topological polar surface area (TPSA) is 63.8 Å². The van der Waals surface area contributed by atoms with Gasteiger partial charge in [0.2, 0.25) is 11.7 Å². The molecule has 0 aromatic carbocycles. The molecule has 0 radical (unpaired) electrons. The number of nitrogens with zero attached hydrogens (tertiary/aromatic N) is 3. The number of hydrogen-bond donors (Lipinski definition) is 1. The highest BCUT2D eigenvalue weighted by Crippen LogP contribution is 2.15. The lowest BCUT2D eigenvalue weighted by atomic mass is 10.3. The first-order valence-corrected chi connectivity index (χ1v) is 6.12. The van der Waals surface area contributed by atoms with E-state index in [1.807, 2.05) is 12.1 Å². The van der Waals surface area contributed by atoms with Crippen molar-refractivity contribution in [3.8, 4) is 11.5 Å². The Morgan fingerprint density at radius 2 is 2.24 bits per heavy atom. The van der Waals surface area contributed by atoms with Gasteiger partial charge in [0.1, 0.15) is 5.69 Å². The Bertz CT molecular complexity index is 480. The van der Waals surface area contributed by atoms with Crippen LogP contribution in [0.2, 0.25) is 0 Å². The maximum atomic E-state index is 5.12. The third-order valence-corrected chi connectivity index (χ3v) is 2.56. The first-order chi connectivity index (χ1) is 8.15. The molecule has 0 saturated heterocycles. The Labute approximate surface area is 108 Å². The molecule has 2 rings (SSSR count). The highest BCUT2D eigenvalue weighted by molar-refractivity contribution is 9.10. The van der Waals surface area contributed by atoms with Crippen molar-refractivity contribution in [3.63, 3.8) is 0 Å². The van der Waals surface area contributed by atoms with E-state index in [-0.39, 0.29) is 0 Å². The fourth-order valence-corrected chi connectivity index (χ4v) is 1.46. The quantitative estimate of drug-likeness (QED) is 0.938. The van der Waals surface area contributed by atoms with E-state index >= 15 is 0 Å². The van der Waals surface area contributed by atoms with Gasteiger partial charge in [0.05, 0.1) is 6.54 Å². The van der Waals surface area contributed by atoms with E-state index in [9.17, 15) is 0 Å². The predicted molar refractivity (Wildman–Crippen MR) is 67.2 cm³/mol. The van der Waals surface area contributed by atoms with Crippen LogP contribution in [-0.4, -0.2) is 21.2 Å². The van der Waals surface area contributed by atoms with Crippen molar-refractivity contribution in [1.82, 2.24) is 20.4 Å². The van der Waals surface area contributed by atoms with Gasteiger partial charge >= 0.3 is 0 Å². The van der Waals surface area contributed by atoms with Gasteiger partial charge < -0.3 is 9.84 Å². The zero-order valence-corrected chi connectivity index (χ0v) is 11.2. The SMILES string of the molecule is CC(C)NCc1nc(-c2ccc(Br)cn2)no1. The van der Waals surface area contributed by atoms with Crippen LogP contribution in [0.1, 0.15) is 19.7 Å². The second kappa shape index (κ2) is 5.37. The van der Waals surface area contributed by atoms with E-state index in [1.165, 1.54) is 0 Å². The molecule has 0 aliphatic rings. The molecule has 0 unspecified atom stereocenters. The number of nitrogens with one attached hydrogen (secondary N) is 1. The van der Waals surface area contributed by atoms with Crippen molar-refractivity contribution >= 4 is 15.9 Å². The van der Waals surface area contributed by atoms with Crippen LogP contribution in [0.3, 0.4) is 0 Å². The number of pyridine rings is 1. The minimum Gasteiger partial charge on any atom is -0.337 e. The second-order valence-electron chi connectivity index (χ2n) is 3.91. The largest absolute Gasteiger partial charge is 0.337 e. The van der Waals surface area contributed by atoms with E-state index < -0.39 is 0 Å². The maximum absolute atomic E-state index is 5.12. The highest BCUT2D eigenvalue weighted by Gasteiger charge is 2.09. The van der Waals surface area contributed by atoms with E-state index in [0.29, 0.717) is 30.0 Å². The summed E-state index contributed by atoms with van der Waals surface area (Å²) in [5, 5.41) is 7.10. The normalized spacial score (nSPS) is 11.1. The number of halogens is 1. The molecular formula is C11H13BrN4O. The van der Waals surface area contributed by atoms with E-state index in [0.717, 1.165) is 4.47 Å². The van der Waals surface area contributed by atoms with E-state index in [2.05, 4.69) is 50.2 Å². The summed E-state index contributed by atoms with van der Waals surface area (Å²) in [6, 6.07) is 4.12. The van der Waals surface area contributed by atoms with Gasteiger partial charge in [-0.1, -0.05) is 19.0 Å². The van der Waals surface area contributed by atoms with Crippen molar-refractivity contribution < 1.29 is 4.52 Å². The monoisotopic (exact) mass is 296 g/mol. The molecule has 5 nitrogen and oxygen atoms in total. The molecular weight excluding hydrogens is 284 g/mol. The second-order valence-corrected chi connectivity index (χ2v) is 4.82. The number of aromatic nitrogens is 3. The van der Waals surface area contributed by atoms with Gasteiger partial charge in [0.25, 0.3) is 0 Å². The Morgan fingerprint density at radius 1 is 1.41 bits per heavy atom. The van der Waals surface area contributed by atoms with Crippen LogP contribution < -0.4 is 5.32 Å². The van der Waals surface area contributed by atoms with Gasteiger partial charge in [-0.3, -0.25) is 4.98 Å². The minimum atomic E-state index is 0.385. The highest BCUT2D eigenvalue weighted by atomic mass is 79.9. The summed E-state index contributed by atoms with van der Waals surface area (Å²) in [5.74, 6) is 1.08. The molecule has 17 heavy (non-hydrogen) atoms. The number of rotatable bonds is 4. The molecule has 0 fully saturated rings. The lowest BCUT2D eigenvalue weighted by Crippen LogP contribution is -2.21. The zero-order chi connectivity index (χ0) is 12.3. The van der Waals surface area contributed by atoms with Crippen LogP contribution in [0.5, 0.6) is 0 Å². The predicted octanol–water partition coefficient (Wildman–Crippen LogP) is 2.39. The van der Waals surface area contributed by atoms with Crippen molar-refractivity contribution in [2.45, 2.75) is 26.4 Å². The van der Waals surface area contributed by atoms with Crippen LogP contribution in [0.25, 0.3) is 11.5 Å². The molecule has 0 aliphatic heterocycles. The standard InChI is InChI=1S/C11H13BrN4O/c1-7(2)13-6-10-15-11(16-17-10)9-4-3-8(12)5-14-9/h3-5,7,13H,6H2,1-2H3. The van der Waals surface area contributed by atoms with Crippen molar-refractivity contribution in [2.75, 3.05) is 0 Å². The van der Waals surface area contributed by atoms with Gasteiger partial charge in [-0.05, 0) is 28.1 Å². The van der Waals surface area contributed by atoms with Crippen molar-refractivity contribution in [1.29, 1.82) is 0 Å². The van der Waals surface area contributed by atoms with Gasteiger partial charge in [-0.2, -0.15) is 4.98 Å². The fraction of sp³-hybridized carbons (Fsp3) is 0.364. The zero-order valence-electron chi connectivity index (χ0n) is 9.64. The van der Waals surface area contributed by atoms with Gasteiger partial charge in [-0.15, -0.1) is 0 Å². The van der Waals surface area contributed by atoms with Gasteiger partial charge in [-0.25, -0.2) is 0 Å². The maximum Gasteiger partial charge on any atom is 0.240 e. The average Bonchev–Trinajstić information content (AvgIpc) is 2.76. The summed E-state index contributed by atoms with van der Waals surface area (Å²) < 4.78 is 6.05. The molecule has 2 heterocycles. The summed E-state index contributed by atoms with van der Waals surface area (Å²) in [5.41, 5.74) is 0.702. The lowest BCUT2D eigenvalue weighted by Gasteiger charge is -2.02. The molecule has 2 aromatic rings. The van der Waals surface area contributed by atoms with Crippen LogP contribution in [0.15, 0.2) is 27.3 Å². The summed E-state index contributed by atoms with van der Waals surface area (Å²) in [4.78, 5) is 8.47. The summed E-state index contributed by atoms with van der Waals surface area (Å²) >= 11 is 3.33. The first kappa shape index (κ1) is 12.2. The lowest BCUT2D eigenvalue weighted by molar-refractivity contribution is 0.362. The summed E-state index contributed by atoms with van der Waals surface area (Å²) in [6.45, 7) is 4.70. The molecule has 0 spiro atoms. The summed E-state index contributed by atoms with van der Waals surface area (Å²) in [7, 11) is 0. The van der Waals surface area contributed by atoms with Gasteiger partial charge in [0, 0.05) is 16.7 Å². The van der Waals surface area contributed by atoms with Crippen LogP contribution >= 0.6 is 15.9 Å². The Morgan fingerprint density at radius 3 is 2.88 bits per heavy atom. The fourth-order valence-electron chi connectivity index (χ4n) is 1.23. The Kier molecular flexibility index (Phi) is 3.86. The van der Waals surface area contributed by atoms with Crippen LogP contribution in [-0.2, 0) is 6.54 Å². The Balaban J connectivity index is 2.10. The molecule has 0 bridgehead atoms. The van der Waals surface area contributed by atoms with Gasteiger partial charge in [0.15, 0.2) is 0 Å². The van der Waals surface area contributed by atoms with Crippen molar-refractivity contribution in [3.05, 3.63) is 28.7 Å². The third-order valence-electron chi connectivity index (χ3n) is 2.09. The smallest absolute Gasteiger partial charge is 0.240 e. The molecule has 0 amide bonds. The van der Waals surface area contributed by atoms with Crippen LogP contribution in [0.4, 0.5) is 0 Å². The molecule has 0 aliphatic carbocycles. The molecule has 2 aromatic heterocycles. The average molecular weight is 297 g/mol. The molecule has 0 saturated carbocycles. The molecule has 6 heteroatoms. The number of hydrogen-bond acceptors (Lipinski definition) is 5. The Hall–Kier alpha value is -1.27.